The number of H-pyrrole nitrogens is 1. The van der Waals surface area contributed by atoms with Gasteiger partial charge in [-0.3, -0.25) is 0 Å². The lowest BCUT2D eigenvalue weighted by Crippen LogP contribution is -1.95. The van der Waals surface area contributed by atoms with E-state index in [0.29, 0.717) is 6.54 Å². The number of hydrogen-bond acceptors (Lipinski definition) is 3. The zero-order valence-corrected chi connectivity index (χ0v) is 15.2. The van der Waals surface area contributed by atoms with Crippen LogP contribution in [0.15, 0.2) is 78.9 Å². The summed E-state index contributed by atoms with van der Waals surface area (Å²) in [5.41, 5.74) is 12.2. The van der Waals surface area contributed by atoms with Gasteiger partial charge in [-0.2, -0.15) is 0 Å². The molecule has 3 aromatic carbocycles. The Labute approximate surface area is 162 Å². The molecule has 136 valence electrons. The molecule has 0 amide bonds. The van der Waals surface area contributed by atoms with Crippen molar-refractivity contribution in [1.82, 2.24) is 9.97 Å². The maximum Gasteiger partial charge on any atom is 0.199 e. The molecule has 0 aliphatic rings. The molecule has 0 aliphatic carbocycles. The lowest BCUT2D eigenvalue weighted by atomic mass is 10.00. The van der Waals surface area contributed by atoms with E-state index in [1.807, 2.05) is 60.7 Å². The number of fused-ring (bicyclic) bond motifs is 2. The topological polar surface area (TPSA) is 74.9 Å². The second-order valence-electron chi connectivity index (χ2n) is 6.90. The van der Waals surface area contributed by atoms with Crippen LogP contribution in [0.5, 0.6) is 5.88 Å². The van der Waals surface area contributed by atoms with E-state index in [9.17, 15) is 5.11 Å². The minimum Gasteiger partial charge on any atom is -0.494 e. The molecule has 2 heterocycles. The number of aromatic nitrogens is 2. The number of pyridine rings is 1. The lowest BCUT2D eigenvalue weighted by Gasteiger charge is -2.06. The predicted octanol–water partition coefficient (Wildman–Crippen LogP) is 5.21. The number of aromatic hydroxyl groups is 1. The highest BCUT2D eigenvalue weighted by Crippen LogP contribution is 2.38. The molecule has 0 radical (unpaired) electrons. The maximum absolute atomic E-state index is 10.6. The SMILES string of the molecule is NCc1ccc(-c2ccc3[nH]c(O)c(-c4ccc5ccccc5n4)c3c2)cc1. The van der Waals surface area contributed by atoms with E-state index in [-0.39, 0.29) is 5.88 Å². The molecule has 5 aromatic rings. The third-order valence-electron chi connectivity index (χ3n) is 5.16. The van der Waals surface area contributed by atoms with Gasteiger partial charge in [0.2, 0.25) is 0 Å². The van der Waals surface area contributed by atoms with Crippen LogP contribution in [-0.2, 0) is 6.54 Å². The molecule has 4 nitrogen and oxygen atoms in total. The Morgan fingerprint density at radius 3 is 2.46 bits per heavy atom. The molecule has 0 bridgehead atoms. The first kappa shape index (κ1) is 16.5. The van der Waals surface area contributed by atoms with Gasteiger partial charge < -0.3 is 15.8 Å². The van der Waals surface area contributed by atoms with E-state index >= 15 is 0 Å². The largest absolute Gasteiger partial charge is 0.494 e. The molecule has 0 unspecified atom stereocenters. The summed E-state index contributed by atoms with van der Waals surface area (Å²) in [5, 5.41) is 12.6. The van der Waals surface area contributed by atoms with E-state index in [1.165, 1.54) is 0 Å². The Morgan fingerprint density at radius 1 is 0.857 bits per heavy atom. The van der Waals surface area contributed by atoms with Gasteiger partial charge in [-0.15, -0.1) is 0 Å². The second kappa shape index (κ2) is 6.51. The van der Waals surface area contributed by atoms with Gasteiger partial charge >= 0.3 is 0 Å². The number of hydrogen-bond donors (Lipinski definition) is 3. The first-order valence-corrected chi connectivity index (χ1v) is 9.23. The molecule has 4 N–H and O–H groups in total. The van der Waals surface area contributed by atoms with E-state index in [1.54, 1.807) is 0 Å². The van der Waals surface area contributed by atoms with Crippen LogP contribution < -0.4 is 5.73 Å². The fourth-order valence-electron chi connectivity index (χ4n) is 3.66. The summed E-state index contributed by atoms with van der Waals surface area (Å²) >= 11 is 0. The number of aromatic amines is 1. The monoisotopic (exact) mass is 365 g/mol. The summed E-state index contributed by atoms with van der Waals surface area (Å²) in [5.74, 6) is 0.133. The van der Waals surface area contributed by atoms with Crippen LogP contribution in [0.1, 0.15) is 5.56 Å². The van der Waals surface area contributed by atoms with Crippen molar-refractivity contribution in [2.45, 2.75) is 6.54 Å². The van der Waals surface area contributed by atoms with Crippen molar-refractivity contribution < 1.29 is 5.11 Å². The minimum atomic E-state index is 0.133. The number of rotatable bonds is 3. The van der Waals surface area contributed by atoms with Crippen LogP contribution in [0, 0.1) is 0 Å². The molecule has 0 aliphatic heterocycles. The van der Waals surface area contributed by atoms with E-state index in [2.05, 4.69) is 23.2 Å². The summed E-state index contributed by atoms with van der Waals surface area (Å²) in [6.45, 7) is 0.531. The van der Waals surface area contributed by atoms with Crippen LogP contribution in [0.2, 0.25) is 0 Å². The van der Waals surface area contributed by atoms with Gasteiger partial charge in [0, 0.05) is 22.8 Å². The zero-order valence-electron chi connectivity index (χ0n) is 15.2. The van der Waals surface area contributed by atoms with E-state index in [4.69, 9.17) is 10.7 Å². The molecule has 5 rings (SSSR count). The van der Waals surface area contributed by atoms with Crippen LogP contribution in [0.25, 0.3) is 44.2 Å². The number of nitrogens with two attached hydrogens (primary N) is 1. The van der Waals surface area contributed by atoms with Crippen LogP contribution in [0.3, 0.4) is 0 Å². The summed E-state index contributed by atoms with van der Waals surface area (Å²) in [7, 11) is 0. The second-order valence-corrected chi connectivity index (χ2v) is 6.90. The van der Waals surface area contributed by atoms with Gasteiger partial charge in [0.25, 0.3) is 0 Å². The summed E-state index contributed by atoms with van der Waals surface area (Å²) in [6, 6.07) is 26.3. The summed E-state index contributed by atoms with van der Waals surface area (Å²) in [6.07, 6.45) is 0. The minimum absolute atomic E-state index is 0.133. The third-order valence-corrected chi connectivity index (χ3v) is 5.16. The molecule has 0 spiro atoms. The lowest BCUT2D eigenvalue weighted by molar-refractivity contribution is 0.460. The van der Waals surface area contributed by atoms with Gasteiger partial charge in [0.05, 0.1) is 16.8 Å². The Hall–Kier alpha value is -3.63. The quantitative estimate of drug-likeness (QED) is 0.411. The van der Waals surface area contributed by atoms with Gasteiger partial charge in [0.1, 0.15) is 0 Å². The van der Waals surface area contributed by atoms with Crippen LogP contribution >= 0.6 is 0 Å². The van der Waals surface area contributed by atoms with Crippen LogP contribution in [-0.4, -0.2) is 15.1 Å². The molecule has 2 aromatic heterocycles. The Balaban J connectivity index is 1.68. The molecule has 0 saturated carbocycles. The van der Waals surface area contributed by atoms with Gasteiger partial charge in [-0.05, 0) is 41.0 Å². The number of nitrogens with one attached hydrogen (secondary N) is 1. The van der Waals surface area contributed by atoms with Gasteiger partial charge in [-0.25, -0.2) is 4.98 Å². The average molecular weight is 365 g/mol. The smallest absolute Gasteiger partial charge is 0.199 e. The van der Waals surface area contributed by atoms with Crippen molar-refractivity contribution in [1.29, 1.82) is 0 Å². The average Bonchev–Trinajstić information content (AvgIpc) is 3.08. The highest BCUT2D eigenvalue weighted by Gasteiger charge is 2.15. The Kier molecular flexibility index (Phi) is 3.85. The van der Waals surface area contributed by atoms with Gasteiger partial charge in [0.15, 0.2) is 5.88 Å². The van der Waals surface area contributed by atoms with Crippen molar-refractivity contribution in [3.05, 3.63) is 84.4 Å². The Bertz CT molecular complexity index is 1300. The molecule has 4 heteroatoms. The highest BCUT2D eigenvalue weighted by molar-refractivity contribution is 6.01. The van der Waals surface area contributed by atoms with Crippen molar-refractivity contribution in [3.63, 3.8) is 0 Å². The number of benzene rings is 3. The van der Waals surface area contributed by atoms with Crippen molar-refractivity contribution in [3.8, 4) is 28.3 Å². The first-order valence-electron chi connectivity index (χ1n) is 9.23. The fourth-order valence-corrected chi connectivity index (χ4v) is 3.66. The fraction of sp³-hybridized carbons (Fsp3) is 0.0417. The maximum atomic E-state index is 10.6. The third kappa shape index (κ3) is 2.71. The molecule has 0 fully saturated rings. The summed E-state index contributed by atoms with van der Waals surface area (Å²) in [4.78, 5) is 7.83. The van der Waals surface area contributed by atoms with Crippen molar-refractivity contribution in [2.75, 3.05) is 0 Å². The van der Waals surface area contributed by atoms with Crippen molar-refractivity contribution >= 4 is 21.8 Å². The normalized spacial score (nSPS) is 11.3. The van der Waals surface area contributed by atoms with Crippen LogP contribution in [0.4, 0.5) is 0 Å². The number of nitrogens with zero attached hydrogens (tertiary/aromatic N) is 1. The molecule has 0 atom stereocenters. The van der Waals surface area contributed by atoms with E-state index in [0.717, 1.165) is 49.8 Å². The number of para-hydroxylation sites is 1. The molecular weight excluding hydrogens is 346 g/mol. The predicted molar refractivity (Wildman–Crippen MR) is 114 cm³/mol. The van der Waals surface area contributed by atoms with E-state index < -0.39 is 0 Å². The highest BCUT2D eigenvalue weighted by atomic mass is 16.3. The zero-order chi connectivity index (χ0) is 19.1. The Morgan fingerprint density at radius 2 is 1.64 bits per heavy atom. The molecular formula is C24H19N3O. The first-order chi connectivity index (χ1) is 13.7. The summed E-state index contributed by atoms with van der Waals surface area (Å²) < 4.78 is 0. The van der Waals surface area contributed by atoms with Gasteiger partial charge in [-0.1, -0.05) is 54.6 Å². The molecule has 28 heavy (non-hydrogen) atoms. The standard InChI is InChI=1S/C24H19N3O/c25-14-15-5-7-16(8-6-15)18-10-11-21-19(13-18)23(24(28)27-21)22-12-9-17-3-1-2-4-20(17)26-22/h1-13,27-28H,14,25H2. The van der Waals surface area contributed by atoms with Crippen molar-refractivity contribution in [2.24, 2.45) is 5.73 Å². The molecule has 0 saturated heterocycles.